The molecule has 3 aromatic carbocycles. The first kappa shape index (κ1) is 25.8. The number of hydrazone groups is 1. The van der Waals surface area contributed by atoms with Crippen molar-refractivity contribution in [1.29, 1.82) is 0 Å². The highest BCUT2D eigenvalue weighted by Crippen LogP contribution is 2.25. The number of para-hydroxylation sites is 2. The van der Waals surface area contributed by atoms with Crippen molar-refractivity contribution in [2.45, 2.75) is 20.4 Å². The van der Waals surface area contributed by atoms with E-state index < -0.39 is 15.9 Å². The van der Waals surface area contributed by atoms with E-state index in [1.54, 1.807) is 47.0 Å². The number of hydrogen-bond acceptors (Lipinski definition) is 4. The van der Waals surface area contributed by atoms with Crippen LogP contribution in [0.4, 0.5) is 10.1 Å². The molecule has 0 spiro atoms. The number of aryl methyl sites for hydroxylation is 1. The lowest BCUT2D eigenvalue weighted by Crippen LogP contribution is -2.32. The third-order valence-corrected chi connectivity index (χ3v) is 7.05. The molecule has 4 aromatic rings. The van der Waals surface area contributed by atoms with Crippen LogP contribution in [-0.2, 0) is 16.6 Å². The number of carbonyl (C=O) groups is 1. The van der Waals surface area contributed by atoms with Gasteiger partial charge in [0.2, 0.25) is 10.0 Å². The first-order valence-electron chi connectivity index (χ1n) is 11.5. The van der Waals surface area contributed by atoms with Crippen molar-refractivity contribution in [2.75, 3.05) is 10.6 Å². The van der Waals surface area contributed by atoms with Crippen molar-refractivity contribution in [3.8, 4) is 5.69 Å². The highest BCUT2D eigenvalue weighted by Gasteiger charge is 2.23. The van der Waals surface area contributed by atoms with E-state index in [0.29, 0.717) is 11.3 Å². The molecule has 0 bridgehead atoms. The Hall–Kier alpha value is -4.24. The molecule has 9 heteroatoms. The Bertz CT molecular complexity index is 1560. The number of amides is 1. The van der Waals surface area contributed by atoms with Crippen molar-refractivity contribution < 1.29 is 17.6 Å². The van der Waals surface area contributed by atoms with E-state index in [0.717, 1.165) is 23.2 Å². The summed E-state index contributed by atoms with van der Waals surface area (Å²) in [6.45, 7) is 3.78. The number of rotatable bonds is 8. The molecule has 0 radical (unpaired) electrons. The smallest absolute Gasteiger partial charge is 0.273 e. The number of nitrogens with one attached hydrogen (secondary N) is 1. The van der Waals surface area contributed by atoms with Gasteiger partial charge in [0.05, 0.1) is 36.0 Å². The summed E-state index contributed by atoms with van der Waals surface area (Å²) in [7, 11) is -3.69. The lowest BCUT2D eigenvalue weighted by molar-refractivity contribution is 0.0955. The molecule has 1 aromatic heterocycles. The zero-order chi connectivity index (χ0) is 26.6. The van der Waals surface area contributed by atoms with Crippen molar-refractivity contribution in [3.05, 3.63) is 119 Å². The summed E-state index contributed by atoms with van der Waals surface area (Å²) < 4.78 is 42.6. The van der Waals surface area contributed by atoms with Crippen LogP contribution in [0, 0.1) is 19.7 Å². The Labute approximate surface area is 215 Å². The highest BCUT2D eigenvalue weighted by atomic mass is 32.2. The van der Waals surface area contributed by atoms with Crippen LogP contribution >= 0.6 is 0 Å². The number of aromatic nitrogens is 1. The second kappa shape index (κ2) is 10.8. The van der Waals surface area contributed by atoms with Gasteiger partial charge in [0.1, 0.15) is 5.82 Å². The van der Waals surface area contributed by atoms with Gasteiger partial charge in [-0.2, -0.15) is 5.10 Å². The lowest BCUT2D eigenvalue weighted by Gasteiger charge is -2.24. The number of benzene rings is 3. The number of sulfonamides is 1. The van der Waals surface area contributed by atoms with Crippen LogP contribution in [0.2, 0.25) is 0 Å². The largest absolute Gasteiger partial charge is 0.315 e. The van der Waals surface area contributed by atoms with Gasteiger partial charge in [-0.3, -0.25) is 9.10 Å². The first-order chi connectivity index (χ1) is 17.7. The molecule has 0 aliphatic rings. The molecule has 7 nitrogen and oxygen atoms in total. The maximum Gasteiger partial charge on any atom is 0.273 e. The normalized spacial score (nSPS) is 11.6. The van der Waals surface area contributed by atoms with Crippen molar-refractivity contribution in [2.24, 2.45) is 5.10 Å². The van der Waals surface area contributed by atoms with E-state index in [-0.39, 0.29) is 23.6 Å². The summed E-state index contributed by atoms with van der Waals surface area (Å²) in [5.41, 5.74) is 6.39. The van der Waals surface area contributed by atoms with Gasteiger partial charge in [0.15, 0.2) is 0 Å². The Kier molecular flexibility index (Phi) is 7.54. The van der Waals surface area contributed by atoms with Crippen LogP contribution in [0.5, 0.6) is 0 Å². The highest BCUT2D eigenvalue weighted by molar-refractivity contribution is 7.92. The van der Waals surface area contributed by atoms with Gasteiger partial charge in [-0.1, -0.05) is 54.6 Å². The fraction of sp³-hybridized carbons (Fsp3) is 0.143. The molecule has 0 aliphatic carbocycles. The molecular weight excluding hydrogens is 491 g/mol. The SMILES string of the molecule is Cc1cc(/C=N\NC(=O)c2ccccc2N(Cc2ccccc2)S(C)(=O)=O)c(C)n1-c1ccccc1F. The zero-order valence-electron chi connectivity index (χ0n) is 20.7. The summed E-state index contributed by atoms with van der Waals surface area (Å²) in [4.78, 5) is 13.1. The number of carbonyl (C=O) groups excluding carboxylic acids is 1. The quantitative estimate of drug-likeness (QED) is 0.264. The topological polar surface area (TPSA) is 83.8 Å². The first-order valence-corrected chi connectivity index (χ1v) is 13.4. The predicted molar refractivity (Wildman–Crippen MR) is 144 cm³/mol. The Balaban J connectivity index is 1.58. The fourth-order valence-corrected chi connectivity index (χ4v) is 5.06. The number of anilines is 1. The zero-order valence-corrected chi connectivity index (χ0v) is 21.5. The van der Waals surface area contributed by atoms with E-state index in [1.165, 1.54) is 16.6 Å². The summed E-state index contributed by atoms with van der Waals surface area (Å²) in [5.74, 6) is -0.903. The van der Waals surface area contributed by atoms with Gasteiger partial charge < -0.3 is 4.57 Å². The molecule has 1 amide bonds. The average molecular weight is 519 g/mol. The minimum atomic E-state index is -3.69. The number of halogens is 1. The van der Waals surface area contributed by atoms with E-state index in [2.05, 4.69) is 10.5 Å². The van der Waals surface area contributed by atoms with Crippen molar-refractivity contribution >= 4 is 27.8 Å². The van der Waals surface area contributed by atoms with Crippen LogP contribution in [-0.4, -0.2) is 31.4 Å². The van der Waals surface area contributed by atoms with E-state index in [1.807, 2.05) is 50.2 Å². The third kappa shape index (κ3) is 5.78. The van der Waals surface area contributed by atoms with Crippen LogP contribution in [0.1, 0.15) is 32.9 Å². The fourth-order valence-electron chi connectivity index (χ4n) is 4.16. The molecular formula is C28H27FN4O3S. The molecule has 37 heavy (non-hydrogen) atoms. The van der Waals surface area contributed by atoms with Gasteiger partial charge in [-0.25, -0.2) is 18.2 Å². The Morgan fingerprint density at radius 2 is 1.65 bits per heavy atom. The second-order valence-corrected chi connectivity index (χ2v) is 10.5. The second-order valence-electron chi connectivity index (χ2n) is 8.58. The lowest BCUT2D eigenvalue weighted by atomic mass is 10.1. The van der Waals surface area contributed by atoms with E-state index in [9.17, 15) is 17.6 Å². The van der Waals surface area contributed by atoms with Crippen LogP contribution in [0.25, 0.3) is 5.69 Å². The standard InChI is InChI=1S/C28H27FN4O3S/c1-20-17-23(21(2)33(20)27-16-10-8-14-25(27)29)18-30-31-28(34)24-13-7-9-15-26(24)32(37(3,35)36)19-22-11-5-4-6-12-22/h4-18H,19H2,1-3H3,(H,31,34)/b30-18-. The third-order valence-electron chi connectivity index (χ3n) is 5.92. The van der Waals surface area contributed by atoms with Gasteiger partial charge in [0.25, 0.3) is 5.91 Å². The van der Waals surface area contributed by atoms with E-state index in [4.69, 9.17) is 0 Å². The maximum atomic E-state index is 14.4. The summed E-state index contributed by atoms with van der Waals surface area (Å²) >= 11 is 0. The average Bonchev–Trinajstić information content (AvgIpc) is 3.15. The number of nitrogens with zero attached hydrogens (tertiary/aromatic N) is 3. The number of hydrogen-bond donors (Lipinski definition) is 1. The molecule has 0 fully saturated rings. The predicted octanol–water partition coefficient (Wildman–Crippen LogP) is 4.96. The van der Waals surface area contributed by atoms with Crippen LogP contribution in [0.3, 0.4) is 0 Å². The Morgan fingerprint density at radius 3 is 2.35 bits per heavy atom. The summed E-state index contributed by atoms with van der Waals surface area (Å²) in [5, 5.41) is 4.10. The monoisotopic (exact) mass is 518 g/mol. The van der Waals surface area contributed by atoms with E-state index >= 15 is 0 Å². The summed E-state index contributed by atoms with van der Waals surface area (Å²) in [6, 6.07) is 24.0. The molecule has 0 atom stereocenters. The van der Waals surface area contributed by atoms with Gasteiger partial charge in [0, 0.05) is 17.0 Å². The van der Waals surface area contributed by atoms with Gasteiger partial charge in [-0.15, -0.1) is 0 Å². The molecule has 190 valence electrons. The van der Waals surface area contributed by atoms with Crippen LogP contribution < -0.4 is 9.73 Å². The van der Waals surface area contributed by atoms with Crippen molar-refractivity contribution in [3.63, 3.8) is 0 Å². The molecule has 0 unspecified atom stereocenters. The minimum absolute atomic E-state index is 0.0786. The summed E-state index contributed by atoms with van der Waals surface area (Å²) in [6.07, 6.45) is 2.59. The molecule has 4 rings (SSSR count). The minimum Gasteiger partial charge on any atom is -0.315 e. The maximum absolute atomic E-state index is 14.4. The molecule has 0 aliphatic heterocycles. The van der Waals surface area contributed by atoms with Gasteiger partial charge in [-0.05, 0) is 49.7 Å². The Morgan fingerprint density at radius 1 is 1.00 bits per heavy atom. The molecule has 1 N–H and O–H groups in total. The molecule has 0 saturated carbocycles. The van der Waals surface area contributed by atoms with Crippen molar-refractivity contribution in [1.82, 2.24) is 9.99 Å². The molecule has 1 heterocycles. The van der Waals surface area contributed by atoms with Gasteiger partial charge >= 0.3 is 0 Å². The molecule has 0 saturated heterocycles. The van der Waals surface area contributed by atoms with Crippen LogP contribution in [0.15, 0.2) is 90.0 Å².